The summed E-state index contributed by atoms with van der Waals surface area (Å²) in [6.45, 7) is 1.44. The highest BCUT2D eigenvalue weighted by molar-refractivity contribution is 7.99. The van der Waals surface area contributed by atoms with E-state index in [-0.39, 0.29) is 43.5 Å². The standard InChI is InChI=1S/C30H32N2O7S/c1-19(34)31-23-10-12-26(13-11-23)40-18-25-16-27(21-4-2-20(17-33)3-5-21)39-30(38-25)22-6-8-24(9-7-22)32-28(35)14-15-29(36)37/h2-13,25,27,30,33H,14-18H2,1H3,(H,31,34)(H,32,35)(H,36,37). The van der Waals surface area contributed by atoms with E-state index in [0.29, 0.717) is 17.9 Å². The molecule has 0 spiro atoms. The van der Waals surface area contributed by atoms with Crippen molar-refractivity contribution < 1.29 is 34.1 Å². The maximum Gasteiger partial charge on any atom is 0.303 e. The maximum absolute atomic E-state index is 12.0. The van der Waals surface area contributed by atoms with Crippen LogP contribution in [-0.4, -0.2) is 39.9 Å². The molecule has 9 nitrogen and oxygen atoms in total. The van der Waals surface area contributed by atoms with Gasteiger partial charge in [0.05, 0.1) is 25.2 Å². The molecule has 0 aromatic heterocycles. The highest BCUT2D eigenvalue weighted by atomic mass is 32.2. The minimum atomic E-state index is -1.02. The summed E-state index contributed by atoms with van der Waals surface area (Å²) in [6, 6.07) is 22.4. The molecule has 0 bridgehead atoms. The van der Waals surface area contributed by atoms with E-state index in [2.05, 4.69) is 10.6 Å². The molecule has 1 saturated heterocycles. The SMILES string of the molecule is CC(=O)Nc1ccc(SCC2CC(c3ccc(CO)cc3)OC(c3ccc(NC(=O)CCC(=O)O)cc3)O2)cc1. The second kappa shape index (κ2) is 14.1. The van der Waals surface area contributed by atoms with Gasteiger partial charge in [-0.1, -0.05) is 36.4 Å². The lowest BCUT2D eigenvalue weighted by atomic mass is 10.0. The van der Waals surface area contributed by atoms with Gasteiger partial charge < -0.3 is 30.3 Å². The molecule has 3 unspecified atom stereocenters. The van der Waals surface area contributed by atoms with Crippen LogP contribution in [0.1, 0.15) is 55.3 Å². The van der Waals surface area contributed by atoms with Crippen LogP contribution in [0, 0.1) is 0 Å². The molecular formula is C30H32N2O7S. The van der Waals surface area contributed by atoms with Gasteiger partial charge in [-0.05, 0) is 47.5 Å². The number of carboxylic acids is 1. The first kappa shape index (κ1) is 29.3. The third-order valence-corrected chi connectivity index (χ3v) is 7.40. The van der Waals surface area contributed by atoms with E-state index in [0.717, 1.165) is 27.3 Å². The van der Waals surface area contributed by atoms with Crippen LogP contribution in [0.4, 0.5) is 11.4 Å². The van der Waals surface area contributed by atoms with Crippen molar-refractivity contribution in [1.82, 2.24) is 0 Å². The lowest BCUT2D eigenvalue weighted by Crippen LogP contribution is -2.31. The van der Waals surface area contributed by atoms with Gasteiger partial charge in [0.15, 0.2) is 6.29 Å². The minimum absolute atomic E-state index is 0.0310. The molecule has 0 saturated carbocycles. The Bertz CT molecular complexity index is 1300. The second-order valence-corrected chi connectivity index (χ2v) is 10.5. The topological polar surface area (TPSA) is 134 Å². The van der Waals surface area contributed by atoms with Crippen LogP contribution in [0.25, 0.3) is 0 Å². The molecule has 10 heteroatoms. The van der Waals surface area contributed by atoms with Gasteiger partial charge in [-0.2, -0.15) is 0 Å². The zero-order valence-electron chi connectivity index (χ0n) is 22.0. The van der Waals surface area contributed by atoms with Crippen molar-refractivity contribution in [3.8, 4) is 0 Å². The summed E-state index contributed by atoms with van der Waals surface area (Å²) in [4.78, 5) is 35.0. The molecule has 0 radical (unpaired) electrons. The van der Waals surface area contributed by atoms with E-state index in [1.165, 1.54) is 6.92 Å². The Morgan fingerprint density at radius 3 is 2.10 bits per heavy atom. The summed E-state index contributed by atoms with van der Waals surface area (Å²) < 4.78 is 12.7. The lowest BCUT2D eigenvalue weighted by molar-refractivity contribution is -0.245. The number of carbonyl (C=O) groups excluding carboxylic acids is 2. The third-order valence-electron chi connectivity index (χ3n) is 6.26. The number of thioether (sulfide) groups is 1. The molecule has 4 N–H and O–H groups in total. The molecule has 1 aliphatic heterocycles. The van der Waals surface area contributed by atoms with Crippen molar-refractivity contribution in [1.29, 1.82) is 0 Å². The minimum Gasteiger partial charge on any atom is -0.481 e. The molecule has 0 aliphatic carbocycles. The lowest BCUT2D eigenvalue weighted by Gasteiger charge is -2.36. The predicted molar refractivity (Wildman–Crippen MR) is 152 cm³/mol. The fraction of sp³-hybridized carbons (Fsp3) is 0.300. The van der Waals surface area contributed by atoms with Crippen LogP contribution in [-0.2, 0) is 30.5 Å². The largest absolute Gasteiger partial charge is 0.481 e. The summed E-state index contributed by atoms with van der Waals surface area (Å²) in [6.07, 6.45) is -0.679. The van der Waals surface area contributed by atoms with Crippen molar-refractivity contribution >= 4 is 40.9 Å². The van der Waals surface area contributed by atoms with Crippen molar-refractivity contribution in [2.75, 3.05) is 16.4 Å². The molecule has 1 heterocycles. The normalized spacial score (nSPS) is 18.6. The molecule has 3 atom stereocenters. The number of carbonyl (C=O) groups is 3. The number of ether oxygens (including phenoxy) is 2. The molecular weight excluding hydrogens is 532 g/mol. The second-order valence-electron chi connectivity index (χ2n) is 9.43. The molecule has 2 amide bonds. The number of carboxylic acid groups (broad SMARTS) is 1. The van der Waals surface area contributed by atoms with E-state index in [9.17, 15) is 19.5 Å². The Balaban J connectivity index is 1.45. The number of hydrogen-bond acceptors (Lipinski definition) is 7. The molecule has 1 fully saturated rings. The van der Waals surface area contributed by atoms with Crippen LogP contribution in [0.2, 0.25) is 0 Å². The number of nitrogens with one attached hydrogen (secondary N) is 2. The fourth-order valence-electron chi connectivity index (χ4n) is 4.22. The molecule has 1 aliphatic rings. The summed E-state index contributed by atoms with van der Waals surface area (Å²) in [5.41, 5.74) is 3.90. The highest BCUT2D eigenvalue weighted by Crippen LogP contribution is 2.39. The van der Waals surface area contributed by atoms with Gasteiger partial charge in [0.1, 0.15) is 0 Å². The Morgan fingerprint density at radius 1 is 0.850 bits per heavy atom. The first-order valence-corrected chi connectivity index (χ1v) is 13.9. The Kier molecular flexibility index (Phi) is 10.3. The third kappa shape index (κ3) is 8.65. The smallest absolute Gasteiger partial charge is 0.303 e. The van der Waals surface area contributed by atoms with Gasteiger partial charge in [-0.25, -0.2) is 0 Å². The number of anilines is 2. The Hall–Kier alpha value is -3.70. The number of aliphatic carboxylic acids is 1. The van der Waals surface area contributed by atoms with E-state index in [1.54, 1.807) is 23.9 Å². The molecule has 3 aromatic carbocycles. The van der Waals surface area contributed by atoms with E-state index in [4.69, 9.17) is 14.6 Å². The fourth-order valence-corrected chi connectivity index (χ4v) is 5.14. The molecule has 4 rings (SSSR count). The van der Waals surface area contributed by atoms with Crippen LogP contribution < -0.4 is 10.6 Å². The van der Waals surface area contributed by atoms with Crippen LogP contribution in [0.5, 0.6) is 0 Å². The number of rotatable bonds is 11. The van der Waals surface area contributed by atoms with Crippen LogP contribution in [0.15, 0.2) is 77.7 Å². The summed E-state index contributed by atoms with van der Waals surface area (Å²) in [5.74, 6) is -0.822. The van der Waals surface area contributed by atoms with Crippen LogP contribution in [0.3, 0.4) is 0 Å². The molecule has 3 aromatic rings. The van der Waals surface area contributed by atoms with E-state index >= 15 is 0 Å². The van der Waals surface area contributed by atoms with Gasteiger partial charge in [-0.3, -0.25) is 14.4 Å². The highest BCUT2D eigenvalue weighted by Gasteiger charge is 2.32. The summed E-state index contributed by atoms with van der Waals surface area (Å²) in [5, 5.41) is 23.7. The average molecular weight is 565 g/mol. The van der Waals surface area contributed by atoms with Gasteiger partial charge in [-0.15, -0.1) is 11.8 Å². The van der Waals surface area contributed by atoms with Crippen molar-refractivity contribution in [2.45, 2.75) is 56.2 Å². The van der Waals surface area contributed by atoms with Crippen molar-refractivity contribution in [3.05, 3.63) is 89.5 Å². The number of hydrogen-bond donors (Lipinski definition) is 4. The van der Waals surface area contributed by atoms with Gasteiger partial charge in [0, 0.05) is 47.4 Å². The van der Waals surface area contributed by atoms with Gasteiger partial charge in [0.2, 0.25) is 11.8 Å². The Morgan fingerprint density at radius 2 is 1.48 bits per heavy atom. The average Bonchev–Trinajstić information content (AvgIpc) is 2.96. The first-order valence-electron chi connectivity index (χ1n) is 12.9. The van der Waals surface area contributed by atoms with Gasteiger partial charge in [0.25, 0.3) is 0 Å². The zero-order valence-corrected chi connectivity index (χ0v) is 22.9. The Labute approximate surface area is 236 Å². The summed E-state index contributed by atoms with van der Waals surface area (Å²) >= 11 is 1.66. The quantitative estimate of drug-likeness (QED) is 0.231. The van der Waals surface area contributed by atoms with Gasteiger partial charge >= 0.3 is 5.97 Å². The molecule has 210 valence electrons. The van der Waals surface area contributed by atoms with E-state index in [1.807, 2.05) is 60.7 Å². The monoisotopic (exact) mass is 564 g/mol. The van der Waals surface area contributed by atoms with Crippen molar-refractivity contribution in [3.63, 3.8) is 0 Å². The molecule has 40 heavy (non-hydrogen) atoms. The van der Waals surface area contributed by atoms with E-state index < -0.39 is 12.3 Å². The van der Waals surface area contributed by atoms with Crippen molar-refractivity contribution in [2.24, 2.45) is 0 Å². The number of amides is 2. The summed E-state index contributed by atoms with van der Waals surface area (Å²) in [7, 11) is 0. The number of benzene rings is 3. The number of aliphatic hydroxyl groups is 1. The van der Waals surface area contributed by atoms with Crippen LogP contribution >= 0.6 is 11.8 Å². The maximum atomic E-state index is 12.0. The predicted octanol–water partition coefficient (Wildman–Crippen LogP) is 5.28. The zero-order chi connectivity index (χ0) is 28.5. The first-order chi connectivity index (χ1) is 19.3. The number of aliphatic hydroxyl groups excluding tert-OH is 1.